The maximum atomic E-state index is 12.3. The number of hydrogen-bond acceptors (Lipinski definition) is 2. The zero-order chi connectivity index (χ0) is 18.1. The number of amides is 3. The van der Waals surface area contributed by atoms with E-state index in [2.05, 4.69) is 22.9 Å². The molecule has 0 heterocycles. The van der Waals surface area contributed by atoms with Crippen molar-refractivity contribution in [3.63, 3.8) is 0 Å². The van der Waals surface area contributed by atoms with E-state index in [1.54, 1.807) is 0 Å². The summed E-state index contributed by atoms with van der Waals surface area (Å²) in [4.78, 5) is 24.5. The Bertz CT molecular complexity index is 547. The van der Waals surface area contributed by atoms with Gasteiger partial charge in [-0.2, -0.15) is 0 Å². The molecule has 1 aromatic rings. The van der Waals surface area contributed by atoms with Crippen molar-refractivity contribution in [2.24, 2.45) is 5.92 Å². The maximum Gasteiger partial charge on any atom is 0.315 e. The molecule has 0 bridgehead atoms. The second-order valence-electron chi connectivity index (χ2n) is 7.01. The zero-order valence-electron chi connectivity index (χ0n) is 15.4. The Morgan fingerprint density at radius 2 is 1.72 bits per heavy atom. The highest BCUT2D eigenvalue weighted by Gasteiger charge is 2.28. The third-order valence-electron chi connectivity index (χ3n) is 4.88. The summed E-state index contributed by atoms with van der Waals surface area (Å²) in [5, 5.41) is 9.10. The summed E-state index contributed by atoms with van der Waals surface area (Å²) in [7, 11) is 0. The molecule has 1 aliphatic rings. The number of hydrogen-bond donors (Lipinski definition) is 3. The quantitative estimate of drug-likeness (QED) is 0.709. The zero-order valence-corrected chi connectivity index (χ0v) is 15.4. The van der Waals surface area contributed by atoms with Crippen molar-refractivity contribution in [3.05, 3.63) is 35.9 Å². The highest BCUT2D eigenvalue weighted by Crippen LogP contribution is 2.19. The lowest BCUT2D eigenvalue weighted by Crippen LogP contribution is -2.55. The molecule has 0 aliphatic heterocycles. The van der Waals surface area contributed by atoms with Crippen molar-refractivity contribution in [1.29, 1.82) is 0 Å². The van der Waals surface area contributed by atoms with Crippen molar-refractivity contribution < 1.29 is 9.59 Å². The third-order valence-corrected chi connectivity index (χ3v) is 4.88. The molecule has 5 heteroatoms. The first-order valence-corrected chi connectivity index (χ1v) is 9.48. The first kappa shape index (κ1) is 19.3. The predicted octanol–water partition coefficient (Wildman–Crippen LogP) is 3.35. The van der Waals surface area contributed by atoms with Crippen LogP contribution in [-0.4, -0.2) is 24.0 Å². The Morgan fingerprint density at radius 1 is 1.08 bits per heavy atom. The number of rotatable bonds is 7. The van der Waals surface area contributed by atoms with Crippen molar-refractivity contribution in [1.82, 2.24) is 16.0 Å². The van der Waals surface area contributed by atoms with Crippen LogP contribution in [0.1, 0.15) is 57.9 Å². The molecule has 5 nitrogen and oxygen atoms in total. The molecule has 1 aliphatic carbocycles. The SMILES string of the molecule is CCCC(C)C(=O)NC1CCCCC1NC(=O)NCc1ccccc1. The Hall–Kier alpha value is -2.04. The van der Waals surface area contributed by atoms with Crippen LogP contribution in [0.5, 0.6) is 0 Å². The van der Waals surface area contributed by atoms with Gasteiger partial charge in [0.15, 0.2) is 0 Å². The highest BCUT2D eigenvalue weighted by atomic mass is 16.2. The molecule has 1 fully saturated rings. The largest absolute Gasteiger partial charge is 0.351 e. The lowest BCUT2D eigenvalue weighted by molar-refractivity contribution is -0.125. The van der Waals surface area contributed by atoms with Gasteiger partial charge in [0.25, 0.3) is 0 Å². The van der Waals surface area contributed by atoms with Crippen LogP contribution in [0.3, 0.4) is 0 Å². The number of carbonyl (C=O) groups excluding carboxylic acids is 2. The summed E-state index contributed by atoms with van der Waals surface area (Å²) < 4.78 is 0. The van der Waals surface area contributed by atoms with Gasteiger partial charge in [-0.25, -0.2) is 4.79 Å². The molecule has 0 spiro atoms. The van der Waals surface area contributed by atoms with E-state index < -0.39 is 0 Å². The summed E-state index contributed by atoms with van der Waals surface area (Å²) >= 11 is 0. The summed E-state index contributed by atoms with van der Waals surface area (Å²) in [5.41, 5.74) is 1.07. The van der Waals surface area contributed by atoms with Gasteiger partial charge in [0, 0.05) is 18.5 Å². The fourth-order valence-corrected chi connectivity index (χ4v) is 3.36. The molecule has 1 aromatic carbocycles. The molecule has 2 rings (SSSR count). The molecule has 1 saturated carbocycles. The van der Waals surface area contributed by atoms with E-state index in [0.717, 1.165) is 44.1 Å². The van der Waals surface area contributed by atoms with Crippen LogP contribution in [0.4, 0.5) is 4.79 Å². The third kappa shape index (κ3) is 6.40. The van der Waals surface area contributed by atoms with E-state index in [0.29, 0.717) is 6.54 Å². The van der Waals surface area contributed by atoms with Gasteiger partial charge >= 0.3 is 6.03 Å². The van der Waals surface area contributed by atoms with Gasteiger partial charge in [-0.05, 0) is 24.8 Å². The van der Waals surface area contributed by atoms with Crippen molar-refractivity contribution in [2.45, 2.75) is 71.0 Å². The average molecular weight is 345 g/mol. The van der Waals surface area contributed by atoms with Crippen LogP contribution < -0.4 is 16.0 Å². The van der Waals surface area contributed by atoms with Gasteiger partial charge in [-0.15, -0.1) is 0 Å². The highest BCUT2D eigenvalue weighted by molar-refractivity contribution is 5.79. The summed E-state index contributed by atoms with van der Waals surface area (Å²) in [6.07, 6.45) is 5.91. The average Bonchev–Trinajstić information content (AvgIpc) is 2.62. The first-order valence-electron chi connectivity index (χ1n) is 9.48. The molecule has 0 radical (unpaired) electrons. The topological polar surface area (TPSA) is 70.2 Å². The monoisotopic (exact) mass is 345 g/mol. The van der Waals surface area contributed by atoms with E-state index in [1.807, 2.05) is 37.3 Å². The minimum Gasteiger partial charge on any atom is -0.351 e. The van der Waals surface area contributed by atoms with Gasteiger partial charge < -0.3 is 16.0 Å². The smallest absolute Gasteiger partial charge is 0.315 e. The number of carbonyl (C=O) groups is 2. The van der Waals surface area contributed by atoms with Crippen LogP contribution >= 0.6 is 0 Å². The molecule has 138 valence electrons. The number of benzene rings is 1. The minimum absolute atomic E-state index is 0.00213. The van der Waals surface area contributed by atoms with E-state index in [4.69, 9.17) is 0 Å². The van der Waals surface area contributed by atoms with Crippen molar-refractivity contribution >= 4 is 11.9 Å². The normalized spacial score (nSPS) is 21.2. The van der Waals surface area contributed by atoms with Crippen LogP contribution in [0.25, 0.3) is 0 Å². The van der Waals surface area contributed by atoms with E-state index in [1.165, 1.54) is 0 Å². The summed E-state index contributed by atoms with van der Waals surface area (Å²) in [5.74, 6) is 0.129. The second-order valence-corrected chi connectivity index (χ2v) is 7.01. The van der Waals surface area contributed by atoms with Gasteiger partial charge in [-0.1, -0.05) is 63.4 Å². The molecule has 25 heavy (non-hydrogen) atoms. The molecular weight excluding hydrogens is 314 g/mol. The van der Waals surface area contributed by atoms with E-state index in [9.17, 15) is 9.59 Å². The standard InChI is InChI=1S/C20H31N3O2/c1-3-9-15(2)19(24)22-17-12-7-8-13-18(17)23-20(25)21-14-16-10-5-4-6-11-16/h4-6,10-11,15,17-18H,3,7-9,12-14H2,1-2H3,(H,22,24)(H2,21,23,25). The van der Waals surface area contributed by atoms with E-state index >= 15 is 0 Å². The minimum atomic E-state index is -0.170. The lowest BCUT2D eigenvalue weighted by atomic mass is 9.89. The van der Waals surface area contributed by atoms with Gasteiger partial charge in [0.05, 0.1) is 6.04 Å². The molecule has 3 N–H and O–H groups in total. The van der Waals surface area contributed by atoms with Crippen LogP contribution in [-0.2, 0) is 11.3 Å². The molecule has 3 amide bonds. The number of nitrogens with one attached hydrogen (secondary N) is 3. The number of urea groups is 1. The summed E-state index contributed by atoms with van der Waals surface area (Å²) in [6.45, 7) is 4.56. The van der Waals surface area contributed by atoms with E-state index in [-0.39, 0.29) is 29.9 Å². The molecule has 0 saturated heterocycles. The van der Waals surface area contributed by atoms with Crippen LogP contribution in [0.15, 0.2) is 30.3 Å². The fourth-order valence-electron chi connectivity index (χ4n) is 3.36. The van der Waals surface area contributed by atoms with Crippen LogP contribution in [0.2, 0.25) is 0 Å². The van der Waals surface area contributed by atoms with Gasteiger partial charge in [0.2, 0.25) is 5.91 Å². The predicted molar refractivity (Wildman–Crippen MR) is 100 cm³/mol. The van der Waals surface area contributed by atoms with Gasteiger partial charge in [-0.3, -0.25) is 4.79 Å². The second kappa shape index (κ2) is 10.1. The molecule has 3 unspecified atom stereocenters. The van der Waals surface area contributed by atoms with Gasteiger partial charge in [0.1, 0.15) is 0 Å². The summed E-state index contributed by atoms with van der Waals surface area (Å²) in [6, 6.07) is 9.70. The van der Waals surface area contributed by atoms with Crippen molar-refractivity contribution in [3.8, 4) is 0 Å². The Balaban J connectivity index is 1.83. The molecule has 3 atom stereocenters. The first-order chi connectivity index (χ1) is 12.1. The Kier molecular flexibility index (Phi) is 7.76. The Morgan fingerprint density at radius 3 is 2.36 bits per heavy atom. The van der Waals surface area contributed by atoms with Crippen molar-refractivity contribution in [2.75, 3.05) is 0 Å². The molecular formula is C20H31N3O2. The fraction of sp³-hybridized carbons (Fsp3) is 0.600. The Labute approximate surface area is 151 Å². The lowest BCUT2D eigenvalue weighted by Gasteiger charge is -2.33. The molecule has 0 aromatic heterocycles. The van der Waals surface area contributed by atoms with Crippen LogP contribution in [0, 0.1) is 5.92 Å². The maximum absolute atomic E-state index is 12.3.